The van der Waals surface area contributed by atoms with Gasteiger partial charge >= 0.3 is 0 Å². The van der Waals surface area contributed by atoms with Crippen LogP contribution in [0.2, 0.25) is 4.34 Å². The van der Waals surface area contributed by atoms with Gasteiger partial charge < -0.3 is 5.32 Å². The average Bonchev–Trinajstić information content (AvgIpc) is 2.70. The van der Waals surface area contributed by atoms with E-state index in [0.717, 1.165) is 22.9 Å². The Morgan fingerprint density at radius 3 is 2.82 bits per heavy atom. The van der Waals surface area contributed by atoms with Gasteiger partial charge in [-0.3, -0.25) is 0 Å². The maximum absolute atomic E-state index is 12.9. The Morgan fingerprint density at radius 1 is 1.29 bits per heavy atom. The van der Waals surface area contributed by atoms with Gasteiger partial charge in [-0.05, 0) is 35.7 Å². The van der Waals surface area contributed by atoms with E-state index in [4.69, 9.17) is 11.6 Å². The van der Waals surface area contributed by atoms with Crippen LogP contribution < -0.4 is 5.32 Å². The minimum absolute atomic E-state index is 0.142. The van der Waals surface area contributed by atoms with Crippen molar-refractivity contribution in [2.24, 2.45) is 0 Å². The summed E-state index contributed by atoms with van der Waals surface area (Å²) in [5.41, 5.74) is 2.32. The molecule has 0 aliphatic carbocycles. The van der Waals surface area contributed by atoms with E-state index in [-0.39, 0.29) is 11.9 Å². The third kappa shape index (κ3) is 2.10. The van der Waals surface area contributed by atoms with Crippen LogP contribution in [-0.2, 0) is 6.42 Å². The molecule has 0 radical (unpaired) electrons. The fourth-order valence-electron chi connectivity index (χ4n) is 2.24. The lowest BCUT2D eigenvalue weighted by atomic mass is 9.95. The highest BCUT2D eigenvalue weighted by molar-refractivity contribution is 7.16. The van der Waals surface area contributed by atoms with Crippen molar-refractivity contribution in [3.05, 3.63) is 56.5 Å². The third-order valence-electron chi connectivity index (χ3n) is 3.03. The molecular weight excluding hydrogens is 257 g/mol. The Balaban J connectivity index is 2.02. The molecule has 0 bridgehead atoms. The number of halogens is 2. The van der Waals surface area contributed by atoms with Crippen LogP contribution in [0.15, 0.2) is 30.3 Å². The van der Waals surface area contributed by atoms with Gasteiger partial charge in [-0.1, -0.05) is 23.7 Å². The Labute approximate surface area is 108 Å². The summed E-state index contributed by atoms with van der Waals surface area (Å²) in [5.74, 6) is -0.201. The summed E-state index contributed by atoms with van der Waals surface area (Å²) in [7, 11) is 0. The number of thiophene rings is 1. The minimum Gasteiger partial charge on any atom is -0.306 e. The lowest BCUT2D eigenvalue weighted by Gasteiger charge is -2.24. The highest BCUT2D eigenvalue weighted by Crippen LogP contribution is 2.36. The lowest BCUT2D eigenvalue weighted by Crippen LogP contribution is -2.29. The molecule has 2 aromatic rings. The number of fused-ring (bicyclic) bond motifs is 1. The van der Waals surface area contributed by atoms with Gasteiger partial charge in [0.2, 0.25) is 0 Å². The van der Waals surface area contributed by atoms with E-state index in [1.54, 1.807) is 11.3 Å². The van der Waals surface area contributed by atoms with Crippen LogP contribution in [0.1, 0.15) is 22.0 Å². The second-order valence-electron chi connectivity index (χ2n) is 4.12. The summed E-state index contributed by atoms with van der Waals surface area (Å²) in [6.07, 6.45) is 1.02. The molecule has 1 aromatic carbocycles. The van der Waals surface area contributed by atoms with Crippen molar-refractivity contribution in [3.63, 3.8) is 0 Å². The van der Waals surface area contributed by atoms with Crippen LogP contribution >= 0.6 is 22.9 Å². The SMILES string of the molecule is Fc1ccc([C@H]2NCCc3sc(Cl)cc32)cc1. The van der Waals surface area contributed by atoms with Crippen LogP contribution in [-0.4, -0.2) is 6.54 Å². The van der Waals surface area contributed by atoms with Crippen LogP contribution in [0, 0.1) is 5.82 Å². The average molecular weight is 268 g/mol. The second kappa shape index (κ2) is 4.41. The van der Waals surface area contributed by atoms with Crippen molar-refractivity contribution in [3.8, 4) is 0 Å². The first kappa shape index (κ1) is 11.2. The number of benzene rings is 1. The molecule has 1 N–H and O–H groups in total. The van der Waals surface area contributed by atoms with E-state index in [9.17, 15) is 4.39 Å². The molecule has 0 saturated carbocycles. The molecule has 0 amide bonds. The summed E-state index contributed by atoms with van der Waals surface area (Å²) in [4.78, 5) is 1.34. The van der Waals surface area contributed by atoms with Crippen molar-refractivity contribution < 1.29 is 4.39 Å². The van der Waals surface area contributed by atoms with Gasteiger partial charge in [-0.15, -0.1) is 11.3 Å². The molecule has 1 atom stereocenters. The van der Waals surface area contributed by atoms with E-state index in [1.165, 1.54) is 22.6 Å². The van der Waals surface area contributed by atoms with Crippen molar-refractivity contribution >= 4 is 22.9 Å². The zero-order chi connectivity index (χ0) is 11.8. The van der Waals surface area contributed by atoms with Crippen LogP contribution in [0.3, 0.4) is 0 Å². The Bertz CT molecular complexity index is 535. The predicted octanol–water partition coefficient (Wildman–Crippen LogP) is 3.78. The van der Waals surface area contributed by atoms with Crippen molar-refractivity contribution in [1.29, 1.82) is 0 Å². The smallest absolute Gasteiger partial charge is 0.123 e. The maximum Gasteiger partial charge on any atom is 0.123 e. The van der Waals surface area contributed by atoms with Crippen molar-refractivity contribution in [2.75, 3.05) is 6.54 Å². The predicted molar refractivity (Wildman–Crippen MR) is 69.3 cm³/mol. The van der Waals surface area contributed by atoms with E-state index in [1.807, 2.05) is 18.2 Å². The molecule has 1 aliphatic heterocycles. The summed E-state index contributed by atoms with van der Waals surface area (Å²) in [6.45, 7) is 0.936. The van der Waals surface area contributed by atoms with E-state index in [2.05, 4.69) is 5.32 Å². The zero-order valence-electron chi connectivity index (χ0n) is 9.04. The van der Waals surface area contributed by atoms with Gasteiger partial charge in [-0.2, -0.15) is 0 Å². The largest absolute Gasteiger partial charge is 0.306 e. The topological polar surface area (TPSA) is 12.0 Å². The molecular formula is C13H11ClFNS. The first-order valence-electron chi connectivity index (χ1n) is 5.51. The summed E-state index contributed by atoms with van der Waals surface area (Å²) >= 11 is 7.70. The molecule has 2 heterocycles. The number of rotatable bonds is 1. The summed E-state index contributed by atoms with van der Waals surface area (Å²) < 4.78 is 13.7. The van der Waals surface area contributed by atoms with Gasteiger partial charge in [0.15, 0.2) is 0 Å². The molecule has 0 saturated heterocycles. The zero-order valence-corrected chi connectivity index (χ0v) is 10.6. The Hall–Kier alpha value is -0.900. The molecule has 0 fully saturated rings. The third-order valence-corrected chi connectivity index (χ3v) is 4.37. The maximum atomic E-state index is 12.9. The highest BCUT2D eigenvalue weighted by atomic mass is 35.5. The molecule has 17 heavy (non-hydrogen) atoms. The standard InChI is InChI=1S/C13H11ClFNS/c14-12-7-10-11(17-12)5-6-16-13(10)8-1-3-9(15)4-2-8/h1-4,7,13,16H,5-6H2/t13-/m1/s1. The van der Waals surface area contributed by atoms with Crippen molar-refractivity contribution in [2.45, 2.75) is 12.5 Å². The van der Waals surface area contributed by atoms with Gasteiger partial charge in [0, 0.05) is 11.4 Å². The fourth-order valence-corrected chi connectivity index (χ4v) is 3.56. The van der Waals surface area contributed by atoms with E-state index in [0.29, 0.717) is 0 Å². The normalized spacial score (nSPS) is 19.1. The summed E-state index contributed by atoms with van der Waals surface area (Å²) in [5, 5.41) is 3.45. The van der Waals surface area contributed by atoms with Crippen LogP contribution in [0.5, 0.6) is 0 Å². The number of hydrogen-bond acceptors (Lipinski definition) is 2. The monoisotopic (exact) mass is 267 g/mol. The van der Waals surface area contributed by atoms with Crippen LogP contribution in [0.4, 0.5) is 4.39 Å². The Kier molecular flexibility index (Phi) is 2.90. The van der Waals surface area contributed by atoms with Gasteiger partial charge in [-0.25, -0.2) is 4.39 Å². The molecule has 1 aliphatic rings. The molecule has 1 nitrogen and oxygen atoms in total. The van der Waals surface area contributed by atoms with E-state index < -0.39 is 0 Å². The molecule has 0 spiro atoms. The molecule has 3 rings (SSSR count). The first-order chi connectivity index (χ1) is 8.24. The molecule has 0 unspecified atom stereocenters. The number of nitrogens with one attached hydrogen (secondary N) is 1. The fraction of sp³-hybridized carbons (Fsp3) is 0.231. The quantitative estimate of drug-likeness (QED) is 0.829. The summed E-state index contributed by atoms with van der Waals surface area (Å²) in [6, 6.07) is 8.81. The lowest BCUT2D eigenvalue weighted by molar-refractivity contribution is 0.571. The van der Waals surface area contributed by atoms with Crippen molar-refractivity contribution in [1.82, 2.24) is 5.32 Å². The minimum atomic E-state index is -0.201. The van der Waals surface area contributed by atoms with Gasteiger partial charge in [0.05, 0.1) is 10.4 Å². The van der Waals surface area contributed by atoms with Crippen LogP contribution in [0.25, 0.3) is 0 Å². The molecule has 1 aromatic heterocycles. The second-order valence-corrected chi connectivity index (χ2v) is 5.89. The molecule has 88 valence electrons. The molecule has 4 heteroatoms. The highest BCUT2D eigenvalue weighted by Gasteiger charge is 2.23. The Morgan fingerprint density at radius 2 is 2.06 bits per heavy atom. The van der Waals surface area contributed by atoms with Gasteiger partial charge in [0.25, 0.3) is 0 Å². The first-order valence-corrected chi connectivity index (χ1v) is 6.70. The number of hydrogen-bond donors (Lipinski definition) is 1. The van der Waals surface area contributed by atoms with Gasteiger partial charge in [0.1, 0.15) is 5.82 Å². The van der Waals surface area contributed by atoms with E-state index >= 15 is 0 Å².